The van der Waals surface area contributed by atoms with E-state index >= 15 is 0 Å². The van der Waals surface area contributed by atoms with E-state index in [9.17, 15) is 18.0 Å². The normalized spacial score (nSPS) is 11.6. The van der Waals surface area contributed by atoms with Crippen molar-refractivity contribution in [3.05, 3.63) is 64.3 Å². The molecule has 0 aromatic carbocycles. The first-order chi connectivity index (χ1) is 15.7. The highest BCUT2D eigenvalue weighted by Crippen LogP contribution is 2.43. The molecular weight excluding hydrogens is 486 g/mol. The second kappa shape index (κ2) is 8.83. The van der Waals surface area contributed by atoms with Gasteiger partial charge in [0, 0.05) is 24.2 Å². The number of nitrogens with zero attached hydrogens (tertiary/aromatic N) is 5. The predicted molar refractivity (Wildman–Crippen MR) is 111 cm³/mol. The fourth-order valence-electron chi connectivity index (χ4n) is 3.11. The summed E-state index contributed by atoms with van der Waals surface area (Å²) in [7, 11) is 0. The minimum Gasteiger partial charge on any atom is -0.462 e. The van der Waals surface area contributed by atoms with E-state index in [-0.39, 0.29) is 33.7 Å². The lowest BCUT2D eigenvalue weighted by molar-refractivity contribution is -0.142. The molecule has 33 heavy (non-hydrogen) atoms. The molecule has 0 bridgehead atoms. The molecular formula is C20H12Cl2F3N5O3. The van der Waals surface area contributed by atoms with Crippen LogP contribution in [-0.4, -0.2) is 37.5 Å². The second-order valence-electron chi connectivity index (χ2n) is 6.44. The number of halogens is 5. The molecule has 0 saturated heterocycles. The van der Waals surface area contributed by atoms with Gasteiger partial charge in [-0.2, -0.15) is 18.3 Å². The molecule has 8 nitrogen and oxygen atoms in total. The van der Waals surface area contributed by atoms with Gasteiger partial charge in [-0.15, -0.1) is 0 Å². The van der Waals surface area contributed by atoms with Crippen molar-refractivity contribution in [3.8, 4) is 28.4 Å². The van der Waals surface area contributed by atoms with Gasteiger partial charge in [0.1, 0.15) is 11.3 Å². The summed E-state index contributed by atoms with van der Waals surface area (Å²) in [6, 6.07) is 4.40. The summed E-state index contributed by atoms with van der Waals surface area (Å²) in [6.45, 7) is 1.48. The van der Waals surface area contributed by atoms with Gasteiger partial charge in [-0.1, -0.05) is 34.4 Å². The van der Waals surface area contributed by atoms with Crippen LogP contribution in [0.15, 0.2) is 47.5 Å². The molecule has 4 rings (SSSR count). The molecule has 4 aromatic heterocycles. The van der Waals surface area contributed by atoms with E-state index in [2.05, 4.69) is 20.2 Å². The van der Waals surface area contributed by atoms with Gasteiger partial charge >= 0.3 is 12.1 Å². The van der Waals surface area contributed by atoms with E-state index in [1.807, 2.05) is 0 Å². The minimum atomic E-state index is -4.89. The molecule has 0 radical (unpaired) electrons. The fourth-order valence-corrected chi connectivity index (χ4v) is 3.66. The summed E-state index contributed by atoms with van der Waals surface area (Å²) in [5.74, 6) is -1.58. The Morgan fingerprint density at radius 3 is 2.52 bits per heavy atom. The van der Waals surface area contributed by atoms with E-state index in [1.165, 1.54) is 37.6 Å². The summed E-state index contributed by atoms with van der Waals surface area (Å²) < 4.78 is 53.3. The molecule has 0 fully saturated rings. The number of pyridine rings is 2. The van der Waals surface area contributed by atoms with Crippen molar-refractivity contribution in [3.63, 3.8) is 0 Å². The quantitative estimate of drug-likeness (QED) is 0.336. The number of alkyl halides is 3. The van der Waals surface area contributed by atoms with Gasteiger partial charge in [0.2, 0.25) is 0 Å². The standard InChI is InChI=1S/C20H12Cl2F3N5O3/c1-2-32-19(31)15-16(14-11(21)8-26-9-12(14)22)29-33-17(15)10-7-28-30(18(10)20(23,24)25)13-5-3-4-6-27-13/h3-9H,2H2,1H3. The van der Waals surface area contributed by atoms with E-state index in [0.29, 0.717) is 4.68 Å². The largest absolute Gasteiger partial charge is 0.462 e. The maximum atomic E-state index is 14.1. The number of aromatic nitrogens is 5. The van der Waals surface area contributed by atoms with Gasteiger partial charge in [-0.3, -0.25) is 4.98 Å². The molecule has 13 heteroatoms. The van der Waals surface area contributed by atoms with Gasteiger partial charge in [0.15, 0.2) is 17.3 Å². The number of carbonyl (C=O) groups is 1. The average molecular weight is 498 g/mol. The van der Waals surface area contributed by atoms with Crippen molar-refractivity contribution in [2.24, 2.45) is 0 Å². The molecule has 0 atom stereocenters. The Labute approximate surface area is 193 Å². The first-order valence-corrected chi connectivity index (χ1v) is 10.0. The summed E-state index contributed by atoms with van der Waals surface area (Å²) in [6.07, 6.45) is -0.187. The van der Waals surface area contributed by atoms with Crippen LogP contribution < -0.4 is 0 Å². The Kier molecular flexibility index (Phi) is 6.09. The average Bonchev–Trinajstić information content (AvgIpc) is 3.39. The molecule has 0 N–H and O–H groups in total. The third kappa shape index (κ3) is 4.16. The Morgan fingerprint density at radius 2 is 1.91 bits per heavy atom. The number of carbonyl (C=O) groups excluding carboxylic acids is 1. The maximum absolute atomic E-state index is 14.1. The summed E-state index contributed by atoms with van der Waals surface area (Å²) >= 11 is 12.4. The monoisotopic (exact) mass is 497 g/mol. The van der Waals surface area contributed by atoms with Crippen LogP contribution in [0.4, 0.5) is 13.2 Å². The van der Waals surface area contributed by atoms with Crippen LogP contribution in [0.1, 0.15) is 23.0 Å². The minimum absolute atomic E-state index is 0.00752. The summed E-state index contributed by atoms with van der Waals surface area (Å²) in [5, 5.41) is 7.64. The summed E-state index contributed by atoms with van der Waals surface area (Å²) in [4.78, 5) is 20.5. The molecule has 4 heterocycles. The lowest BCUT2D eigenvalue weighted by atomic mass is 10.0. The molecule has 4 aromatic rings. The molecule has 0 amide bonds. The topological polar surface area (TPSA) is 95.9 Å². The van der Waals surface area contributed by atoms with E-state index < -0.39 is 34.7 Å². The zero-order valence-electron chi connectivity index (χ0n) is 16.6. The van der Waals surface area contributed by atoms with Crippen molar-refractivity contribution < 1.29 is 27.2 Å². The zero-order chi connectivity index (χ0) is 23.8. The van der Waals surface area contributed by atoms with Crippen LogP contribution in [0, 0.1) is 0 Å². The predicted octanol–water partition coefficient (Wildman–Crippen LogP) is 5.49. The van der Waals surface area contributed by atoms with Gasteiger partial charge < -0.3 is 9.26 Å². The molecule has 170 valence electrons. The van der Waals surface area contributed by atoms with Crippen LogP contribution in [0.3, 0.4) is 0 Å². The number of esters is 1. The van der Waals surface area contributed by atoms with Crippen molar-refractivity contribution in [1.82, 2.24) is 24.9 Å². The Hall–Kier alpha value is -3.44. The highest BCUT2D eigenvalue weighted by atomic mass is 35.5. The van der Waals surface area contributed by atoms with E-state index in [0.717, 1.165) is 6.20 Å². The number of ether oxygens (including phenoxy) is 1. The molecule has 0 spiro atoms. The first kappa shape index (κ1) is 22.7. The van der Waals surface area contributed by atoms with Gasteiger partial charge in [0.05, 0.1) is 28.4 Å². The highest BCUT2D eigenvalue weighted by molar-refractivity contribution is 6.39. The Bertz CT molecular complexity index is 1300. The molecule has 0 aliphatic rings. The SMILES string of the molecule is CCOC(=O)c1c(-c2c(Cl)cncc2Cl)noc1-c1cnn(-c2ccccn2)c1C(F)(F)F. The maximum Gasteiger partial charge on any atom is 0.434 e. The molecule has 0 aliphatic carbocycles. The van der Waals surface area contributed by atoms with Crippen LogP contribution in [0.2, 0.25) is 10.0 Å². The van der Waals surface area contributed by atoms with Crippen LogP contribution in [0.5, 0.6) is 0 Å². The number of rotatable bonds is 5. The third-order valence-corrected chi connectivity index (χ3v) is 4.98. The van der Waals surface area contributed by atoms with Crippen molar-refractivity contribution >= 4 is 29.2 Å². The van der Waals surface area contributed by atoms with Crippen LogP contribution in [-0.2, 0) is 10.9 Å². The molecule has 0 saturated carbocycles. The number of hydrogen-bond donors (Lipinski definition) is 0. The zero-order valence-corrected chi connectivity index (χ0v) is 18.1. The van der Waals surface area contributed by atoms with Crippen LogP contribution in [0.25, 0.3) is 28.4 Å². The summed E-state index contributed by atoms with van der Waals surface area (Å²) in [5.41, 5.74) is -2.30. The van der Waals surface area contributed by atoms with Gasteiger partial charge in [-0.25, -0.2) is 14.5 Å². The molecule has 0 unspecified atom stereocenters. The lowest BCUT2D eigenvalue weighted by Gasteiger charge is -2.12. The molecule has 0 aliphatic heterocycles. The highest BCUT2D eigenvalue weighted by Gasteiger charge is 2.42. The van der Waals surface area contributed by atoms with Gasteiger partial charge in [0.25, 0.3) is 0 Å². The van der Waals surface area contributed by atoms with Crippen molar-refractivity contribution in [2.75, 3.05) is 6.61 Å². The Morgan fingerprint density at radius 1 is 1.18 bits per heavy atom. The second-order valence-corrected chi connectivity index (χ2v) is 7.25. The van der Waals surface area contributed by atoms with Crippen molar-refractivity contribution in [1.29, 1.82) is 0 Å². The first-order valence-electron chi connectivity index (χ1n) is 9.27. The fraction of sp³-hybridized carbons (Fsp3) is 0.150. The van der Waals surface area contributed by atoms with E-state index in [1.54, 1.807) is 6.07 Å². The third-order valence-electron chi connectivity index (χ3n) is 4.41. The van der Waals surface area contributed by atoms with E-state index in [4.69, 9.17) is 32.5 Å². The smallest absolute Gasteiger partial charge is 0.434 e. The van der Waals surface area contributed by atoms with Crippen molar-refractivity contribution in [2.45, 2.75) is 13.1 Å². The number of hydrogen-bond acceptors (Lipinski definition) is 7. The lowest BCUT2D eigenvalue weighted by Crippen LogP contribution is -2.15. The Balaban J connectivity index is 2.00. The van der Waals surface area contributed by atoms with Crippen LogP contribution >= 0.6 is 23.2 Å². The van der Waals surface area contributed by atoms with Gasteiger partial charge in [-0.05, 0) is 19.1 Å².